The Bertz CT molecular complexity index is 1400. The number of carbonyl (C=O) groups excluding carboxylic acids is 1. The van der Waals surface area contributed by atoms with Crippen LogP contribution >= 0.6 is 0 Å². The van der Waals surface area contributed by atoms with Crippen LogP contribution in [0.15, 0.2) is 42.5 Å². The fourth-order valence-corrected chi connectivity index (χ4v) is 4.20. The van der Waals surface area contributed by atoms with Gasteiger partial charge in [-0.05, 0) is 68.5 Å². The lowest BCUT2D eigenvalue weighted by Crippen LogP contribution is -2.23. The zero-order valence-electron chi connectivity index (χ0n) is 19.9. The lowest BCUT2D eigenvalue weighted by molar-refractivity contribution is -0.139. The molecule has 3 nitrogen and oxygen atoms in total. The summed E-state index contributed by atoms with van der Waals surface area (Å²) in [5.41, 5.74) is -0.271. The molecule has 0 spiro atoms. The third-order valence-corrected chi connectivity index (χ3v) is 6.26. The van der Waals surface area contributed by atoms with E-state index in [0.29, 0.717) is 5.57 Å². The van der Waals surface area contributed by atoms with Crippen LogP contribution in [0, 0.1) is 47.7 Å². The van der Waals surface area contributed by atoms with Crippen molar-refractivity contribution in [1.29, 1.82) is 0 Å². The van der Waals surface area contributed by atoms with E-state index in [1.54, 1.807) is 13.0 Å². The molecule has 0 radical (unpaired) electrons. The standard InChI is InChI=1S/C28H22F6O3/c1-3-36-20-12-10-18(24(31)26(20)33)19-11-13-21(27(34)25(19)32)37-28(35)16-7-5-15(6-8-16)17-9-4-14(2)22(29)23(17)30/h4-5,9-13,16H,3,6-8H2,1-2H3. The van der Waals surface area contributed by atoms with Gasteiger partial charge in [-0.15, -0.1) is 0 Å². The lowest BCUT2D eigenvalue weighted by Gasteiger charge is -2.21. The topological polar surface area (TPSA) is 35.5 Å². The van der Waals surface area contributed by atoms with Gasteiger partial charge >= 0.3 is 5.97 Å². The Morgan fingerprint density at radius 3 is 1.95 bits per heavy atom. The van der Waals surface area contributed by atoms with Crippen molar-refractivity contribution in [3.63, 3.8) is 0 Å². The summed E-state index contributed by atoms with van der Waals surface area (Å²) in [6.07, 6.45) is 2.18. The predicted molar refractivity (Wildman–Crippen MR) is 125 cm³/mol. The van der Waals surface area contributed by atoms with E-state index in [1.165, 1.54) is 19.1 Å². The molecule has 194 valence electrons. The van der Waals surface area contributed by atoms with E-state index in [2.05, 4.69) is 0 Å². The van der Waals surface area contributed by atoms with Gasteiger partial charge in [0.1, 0.15) is 0 Å². The maximum absolute atomic E-state index is 14.8. The lowest BCUT2D eigenvalue weighted by atomic mass is 9.86. The molecule has 0 fully saturated rings. The highest BCUT2D eigenvalue weighted by Gasteiger charge is 2.28. The number of halogens is 6. The number of ether oxygens (including phenoxy) is 2. The van der Waals surface area contributed by atoms with Crippen LogP contribution in [0.2, 0.25) is 0 Å². The summed E-state index contributed by atoms with van der Waals surface area (Å²) in [6.45, 7) is 3.11. The zero-order valence-corrected chi connectivity index (χ0v) is 19.9. The van der Waals surface area contributed by atoms with Crippen molar-refractivity contribution in [3.05, 3.63) is 88.5 Å². The molecule has 0 saturated heterocycles. The number of benzene rings is 3. The molecule has 0 aromatic heterocycles. The fourth-order valence-electron chi connectivity index (χ4n) is 4.20. The summed E-state index contributed by atoms with van der Waals surface area (Å²) >= 11 is 0. The van der Waals surface area contributed by atoms with Gasteiger partial charge in [-0.25, -0.2) is 17.6 Å². The van der Waals surface area contributed by atoms with Crippen LogP contribution < -0.4 is 9.47 Å². The van der Waals surface area contributed by atoms with Crippen LogP contribution in [0.3, 0.4) is 0 Å². The van der Waals surface area contributed by atoms with Crippen molar-refractivity contribution in [1.82, 2.24) is 0 Å². The summed E-state index contributed by atoms with van der Waals surface area (Å²) in [6, 6.07) is 7.02. The fraction of sp³-hybridized carbons (Fsp3) is 0.250. The molecule has 0 amide bonds. The molecule has 4 rings (SSSR count). The van der Waals surface area contributed by atoms with E-state index in [9.17, 15) is 31.1 Å². The molecule has 1 unspecified atom stereocenters. The van der Waals surface area contributed by atoms with Crippen LogP contribution in [0.1, 0.15) is 37.3 Å². The van der Waals surface area contributed by atoms with Crippen molar-refractivity contribution < 1.29 is 40.6 Å². The highest BCUT2D eigenvalue weighted by atomic mass is 19.2. The first-order valence-corrected chi connectivity index (χ1v) is 11.6. The first-order valence-electron chi connectivity index (χ1n) is 11.6. The van der Waals surface area contributed by atoms with E-state index in [0.717, 1.165) is 24.3 Å². The second kappa shape index (κ2) is 10.7. The van der Waals surface area contributed by atoms with E-state index in [4.69, 9.17) is 9.47 Å². The number of allylic oxidation sites excluding steroid dienone is 2. The van der Waals surface area contributed by atoms with E-state index >= 15 is 0 Å². The first-order chi connectivity index (χ1) is 17.6. The van der Waals surface area contributed by atoms with Gasteiger partial charge in [0.2, 0.25) is 11.6 Å². The second-order valence-corrected chi connectivity index (χ2v) is 8.59. The van der Waals surface area contributed by atoms with Gasteiger partial charge in [0.25, 0.3) is 0 Å². The van der Waals surface area contributed by atoms with Crippen molar-refractivity contribution in [2.45, 2.75) is 33.1 Å². The molecule has 0 heterocycles. The largest absolute Gasteiger partial charge is 0.491 e. The minimum absolute atomic E-state index is 0.0816. The average molecular weight is 520 g/mol. The number of esters is 1. The van der Waals surface area contributed by atoms with Crippen LogP contribution in [-0.2, 0) is 4.79 Å². The highest BCUT2D eigenvalue weighted by Crippen LogP contribution is 2.36. The smallest absolute Gasteiger partial charge is 0.314 e. The number of rotatable bonds is 6. The van der Waals surface area contributed by atoms with Gasteiger partial charge in [0.05, 0.1) is 12.5 Å². The Kier molecular flexibility index (Phi) is 7.61. The predicted octanol–water partition coefficient (Wildman–Crippen LogP) is 7.68. The second-order valence-electron chi connectivity index (χ2n) is 8.59. The summed E-state index contributed by atoms with van der Waals surface area (Å²) in [4.78, 5) is 12.6. The van der Waals surface area contributed by atoms with Gasteiger partial charge in [-0.3, -0.25) is 4.79 Å². The summed E-state index contributed by atoms with van der Waals surface area (Å²) < 4.78 is 96.4. The first kappa shape index (κ1) is 26.3. The molecule has 37 heavy (non-hydrogen) atoms. The molecule has 1 aliphatic rings. The minimum Gasteiger partial charge on any atom is -0.491 e. The quantitative estimate of drug-likeness (QED) is 0.190. The molecule has 0 aliphatic heterocycles. The van der Waals surface area contributed by atoms with Crippen molar-refractivity contribution in [3.8, 4) is 22.6 Å². The Labute approximate surface area is 209 Å². The molecule has 3 aromatic rings. The van der Waals surface area contributed by atoms with Gasteiger partial charge < -0.3 is 9.47 Å². The monoisotopic (exact) mass is 520 g/mol. The molecule has 3 aromatic carbocycles. The summed E-state index contributed by atoms with van der Waals surface area (Å²) in [5, 5.41) is 0. The SMILES string of the molecule is CCOc1ccc(-c2ccc(OC(=O)C3CC=C(c4ccc(C)c(F)c4F)CC3)c(F)c2F)c(F)c1F. The van der Waals surface area contributed by atoms with Gasteiger partial charge in [0.15, 0.2) is 34.8 Å². The zero-order chi connectivity index (χ0) is 26.9. The number of aryl methyl sites for hydroxylation is 1. The molecule has 0 saturated carbocycles. The molecule has 1 atom stereocenters. The molecule has 0 N–H and O–H groups in total. The summed E-state index contributed by atoms with van der Waals surface area (Å²) in [7, 11) is 0. The number of carbonyl (C=O) groups is 1. The maximum Gasteiger partial charge on any atom is 0.314 e. The van der Waals surface area contributed by atoms with Crippen LogP contribution in [0.4, 0.5) is 26.3 Å². The minimum atomic E-state index is -1.54. The average Bonchev–Trinajstić information content (AvgIpc) is 2.89. The third kappa shape index (κ3) is 5.08. The Morgan fingerprint density at radius 2 is 1.35 bits per heavy atom. The van der Waals surface area contributed by atoms with Crippen molar-refractivity contribution in [2.75, 3.05) is 6.61 Å². The molecule has 1 aliphatic carbocycles. The Balaban J connectivity index is 1.50. The maximum atomic E-state index is 14.8. The van der Waals surface area contributed by atoms with Crippen molar-refractivity contribution >= 4 is 11.5 Å². The molecular weight excluding hydrogens is 498 g/mol. The van der Waals surface area contributed by atoms with Crippen LogP contribution in [0.5, 0.6) is 11.5 Å². The highest BCUT2D eigenvalue weighted by molar-refractivity contribution is 5.78. The van der Waals surface area contributed by atoms with Gasteiger partial charge in [0, 0.05) is 16.7 Å². The van der Waals surface area contributed by atoms with E-state index < -0.39 is 63.7 Å². The molecule has 9 heteroatoms. The molecule has 0 bridgehead atoms. The summed E-state index contributed by atoms with van der Waals surface area (Å²) in [5.74, 6) is -10.3. The van der Waals surface area contributed by atoms with E-state index in [-0.39, 0.29) is 42.7 Å². The Hall–Kier alpha value is -3.75. The van der Waals surface area contributed by atoms with Crippen molar-refractivity contribution in [2.24, 2.45) is 5.92 Å². The van der Waals surface area contributed by atoms with Gasteiger partial charge in [-0.1, -0.05) is 18.2 Å². The van der Waals surface area contributed by atoms with E-state index in [1.807, 2.05) is 0 Å². The number of hydrogen-bond donors (Lipinski definition) is 0. The van der Waals surface area contributed by atoms with Gasteiger partial charge in [-0.2, -0.15) is 8.78 Å². The molecular formula is C28H22F6O3. The number of hydrogen-bond acceptors (Lipinski definition) is 3. The van der Waals surface area contributed by atoms with Crippen LogP contribution in [0.25, 0.3) is 16.7 Å². The Morgan fingerprint density at radius 1 is 0.784 bits per heavy atom. The normalized spacial score (nSPS) is 15.4. The third-order valence-electron chi connectivity index (χ3n) is 6.26. The van der Waals surface area contributed by atoms with Crippen LogP contribution in [-0.4, -0.2) is 12.6 Å².